The van der Waals surface area contributed by atoms with Crippen molar-refractivity contribution in [2.75, 3.05) is 32.0 Å². The van der Waals surface area contributed by atoms with E-state index >= 15 is 0 Å². The highest BCUT2D eigenvalue weighted by Gasteiger charge is 2.13. The number of aromatic nitrogens is 1. The second-order valence-corrected chi connectivity index (χ2v) is 5.07. The van der Waals surface area contributed by atoms with E-state index < -0.39 is 0 Å². The number of pyridine rings is 1. The first-order valence-corrected chi connectivity index (χ1v) is 7.26. The number of rotatable bonds is 7. The van der Waals surface area contributed by atoms with Crippen molar-refractivity contribution in [3.05, 3.63) is 22.8 Å². The van der Waals surface area contributed by atoms with Crippen LogP contribution in [-0.4, -0.2) is 48.5 Å². The first kappa shape index (κ1) is 16.7. The van der Waals surface area contributed by atoms with Gasteiger partial charge < -0.3 is 15.5 Å². The monoisotopic (exact) mass is 298 g/mol. The molecule has 1 atom stereocenters. The lowest BCUT2D eigenvalue weighted by molar-refractivity contribution is 0.0930. The van der Waals surface area contributed by atoms with Crippen molar-refractivity contribution in [3.63, 3.8) is 0 Å². The van der Waals surface area contributed by atoms with Crippen LogP contribution in [0.4, 0.5) is 5.82 Å². The molecule has 0 aliphatic rings. The predicted molar refractivity (Wildman–Crippen MR) is 83.5 cm³/mol. The summed E-state index contributed by atoms with van der Waals surface area (Å²) in [6.07, 6.45) is 1.52. The van der Waals surface area contributed by atoms with Crippen molar-refractivity contribution >= 4 is 23.3 Å². The van der Waals surface area contributed by atoms with Crippen LogP contribution in [0.2, 0.25) is 5.02 Å². The van der Waals surface area contributed by atoms with E-state index in [9.17, 15) is 4.79 Å². The maximum Gasteiger partial charge on any atom is 0.253 e. The van der Waals surface area contributed by atoms with Gasteiger partial charge in [0.05, 0.1) is 10.6 Å². The van der Waals surface area contributed by atoms with E-state index in [1.807, 2.05) is 6.92 Å². The highest BCUT2D eigenvalue weighted by molar-refractivity contribution is 6.33. The van der Waals surface area contributed by atoms with Crippen molar-refractivity contribution in [3.8, 4) is 0 Å². The summed E-state index contributed by atoms with van der Waals surface area (Å²) in [7, 11) is 1.74. The minimum atomic E-state index is -0.151. The standard InChI is InChI=1S/C14H23ClN4O/c1-5-19(6-2)9-10(3)18-14(20)11-7-12(15)13(16-4)17-8-11/h7-8,10H,5-6,9H2,1-4H3,(H,16,17)(H,18,20). The Balaban J connectivity index is 2.64. The highest BCUT2D eigenvalue weighted by Crippen LogP contribution is 2.19. The van der Waals surface area contributed by atoms with Gasteiger partial charge in [0.2, 0.25) is 0 Å². The molecule has 1 amide bonds. The van der Waals surface area contributed by atoms with Crippen LogP contribution in [0.3, 0.4) is 0 Å². The second-order valence-electron chi connectivity index (χ2n) is 4.66. The molecule has 20 heavy (non-hydrogen) atoms. The van der Waals surface area contributed by atoms with Gasteiger partial charge in [-0.15, -0.1) is 0 Å². The van der Waals surface area contributed by atoms with Gasteiger partial charge in [0.15, 0.2) is 0 Å². The van der Waals surface area contributed by atoms with Gasteiger partial charge in [-0.2, -0.15) is 0 Å². The fourth-order valence-corrected chi connectivity index (χ4v) is 2.23. The number of amides is 1. The number of nitrogens with one attached hydrogen (secondary N) is 2. The number of carbonyl (C=O) groups is 1. The molecule has 0 radical (unpaired) electrons. The zero-order chi connectivity index (χ0) is 15.1. The third kappa shape index (κ3) is 4.65. The first-order valence-electron chi connectivity index (χ1n) is 6.88. The average molecular weight is 299 g/mol. The molecule has 0 fully saturated rings. The van der Waals surface area contributed by atoms with E-state index in [4.69, 9.17) is 11.6 Å². The maximum atomic E-state index is 12.1. The number of nitrogens with zero attached hydrogens (tertiary/aromatic N) is 2. The molecule has 0 saturated carbocycles. The molecule has 2 N–H and O–H groups in total. The van der Waals surface area contributed by atoms with Crippen LogP contribution in [0, 0.1) is 0 Å². The Kier molecular flexibility index (Phi) is 6.75. The number of likely N-dealkylation sites (N-methyl/N-ethyl adjacent to an activating group) is 1. The summed E-state index contributed by atoms with van der Waals surface area (Å²) >= 11 is 6.03. The molecule has 0 saturated heterocycles. The largest absolute Gasteiger partial charge is 0.372 e. The summed E-state index contributed by atoms with van der Waals surface area (Å²) in [6, 6.07) is 1.70. The number of anilines is 1. The maximum absolute atomic E-state index is 12.1. The van der Waals surface area contributed by atoms with E-state index in [0.717, 1.165) is 19.6 Å². The quantitative estimate of drug-likeness (QED) is 0.810. The predicted octanol–water partition coefficient (Wildman–Crippen LogP) is 2.24. The molecule has 1 rings (SSSR count). The Morgan fingerprint density at radius 3 is 2.60 bits per heavy atom. The fourth-order valence-electron chi connectivity index (χ4n) is 1.97. The summed E-state index contributed by atoms with van der Waals surface area (Å²) in [6.45, 7) is 8.99. The molecule has 0 spiro atoms. The third-order valence-electron chi connectivity index (χ3n) is 3.14. The summed E-state index contributed by atoms with van der Waals surface area (Å²) < 4.78 is 0. The normalized spacial score (nSPS) is 12.3. The molecular formula is C14H23ClN4O. The van der Waals surface area contributed by atoms with Crippen LogP contribution in [0.5, 0.6) is 0 Å². The average Bonchev–Trinajstić information content (AvgIpc) is 2.44. The van der Waals surface area contributed by atoms with Gasteiger partial charge in [0.1, 0.15) is 5.82 Å². The third-order valence-corrected chi connectivity index (χ3v) is 3.43. The smallest absolute Gasteiger partial charge is 0.253 e. The SMILES string of the molecule is CCN(CC)CC(C)NC(=O)c1cnc(NC)c(Cl)c1. The molecule has 1 aromatic rings. The van der Waals surface area contributed by atoms with Crippen LogP contribution in [-0.2, 0) is 0 Å². The van der Waals surface area contributed by atoms with Gasteiger partial charge in [-0.05, 0) is 26.1 Å². The molecule has 6 heteroatoms. The lowest BCUT2D eigenvalue weighted by atomic mass is 10.2. The molecular weight excluding hydrogens is 276 g/mol. The van der Waals surface area contributed by atoms with E-state index in [0.29, 0.717) is 16.4 Å². The van der Waals surface area contributed by atoms with E-state index in [1.165, 1.54) is 6.20 Å². The molecule has 0 bridgehead atoms. The second kappa shape index (κ2) is 8.07. The number of halogens is 1. The molecule has 112 valence electrons. The number of hydrogen-bond donors (Lipinski definition) is 2. The Hall–Kier alpha value is -1.33. The fraction of sp³-hybridized carbons (Fsp3) is 0.571. The van der Waals surface area contributed by atoms with Gasteiger partial charge in [0, 0.05) is 25.8 Å². The van der Waals surface area contributed by atoms with Crippen molar-refractivity contribution in [1.29, 1.82) is 0 Å². The molecule has 1 aromatic heterocycles. The first-order chi connectivity index (χ1) is 9.51. The van der Waals surface area contributed by atoms with Crippen molar-refractivity contribution < 1.29 is 4.79 Å². The van der Waals surface area contributed by atoms with Gasteiger partial charge >= 0.3 is 0 Å². The zero-order valence-corrected chi connectivity index (χ0v) is 13.3. The number of carbonyl (C=O) groups excluding carboxylic acids is 1. The Labute approximate surface area is 125 Å². The van der Waals surface area contributed by atoms with Crippen LogP contribution in [0.1, 0.15) is 31.1 Å². The molecule has 0 aromatic carbocycles. The van der Waals surface area contributed by atoms with Gasteiger partial charge in [-0.1, -0.05) is 25.4 Å². The molecule has 1 unspecified atom stereocenters. The van der Waals surface area contributed by atoms with Crippen molar-refractivity contribution in [1.82, 2.24) is 15.2 Å². The van der Waals surface area contributed by atoms with Gasteiger partial charge in [-0.25, -0.2) is 4.98 Å². The zero-order valence-electron chi connectivity index (χ0n) is 12.5. The van der Waals surface area contributed by atoms with Crippen molar-refractivity contribution in [2.45, 2.75) is 26.8 Å². The summed E-state index contributed by atoms with van der Waals surface area (Å²) in [4.78, 5) is 18.5. The highest BCUT2D eigenvalue weighted by atomic mass is 35.5. The Morgan fingerprint density at radius 1 is 1.45 bits per heavy atom. The minimum Gasteiger partial charge on any atom is -0.372 e. The van der Waals surface area contributed by atoms with E-state index in [-0.39, 0.29) is 11.9 Å². The molecule has 0 aliphatic carbocycles. The summed E-state index contributed by atoms with van der Waals surface area (Å²) in [5.41, 5.74) is 0.473. The Morgan fingerprint density at radius 2 is 2.10 bits per heavy atom. The lowest BCUT2D eigenvalue weighted by Crippen LogP contribution is -2.42. The topological polar surface area (TPSA) is 57.3 Å². The van der Waals surface area contributed by atoms with E-state index in [1.54, 1.807) is 13.1 Å². The van der Waals surface area contributed by atoms with Crippen molar-refractivity contribution in [2.24, 2.45) is 0 Å². The van der Waals surface area contributed by atoms with Crippen LogP contribution in [0.25, 0.3) is 0 Å². The molecule has 0 aliphatic heterocycles. The van der Waals surface area contributed by atoms with E-state index in [2.05, 4.69) is 34.4 Å². The lowest BCUT2D eigenvalue weighted by Gasteiger charge is -2.23. The molecule has 1 heterocycles. The van der Waals surface area contributed by atoms with Crippen LogP contribution in [0.15, 0.2) is 12.3 Å². The van der Waals surface area contributed by atoms with Crippen LogP contribution < -0.4 is 10.6 Å². The van der Waals surface area contributed by atoms with Gasteiger partial charge in [-0.3, -0.25) is 4.79 Å². The minimum absolute atomic E-state index is 0.0742. The Bertz CT molecular complexity index is 449. The van der Waals surface area contributed by atoms with Gasteiger partial charge in [0.25, 0.3) is 5.91 Å². The molecule has 5 nitrogen and oxygen atoms in total. The summed E-state index contributed by atoms with van der Waals surface area (Å²) in [5.74, 6) is 0.418. The van der Waals surface area contributed by atoms with Crippen LogP contribution >= 0.6 is 11.6 Å². The number of hydrogen-bond acceptors (Lipinski definition) is 4. The summed E-state index contributed by atoms with van der Waals surface area (Å²) in [5, 5.41) is 6.26.